The van der Waals surface area contributed by atoms with Crippen LogP contribution < -0.4 is 5.32 Å². The van der Waals surface area contributed by atoms with Gasteiger partial charge in [-0.15, -0.1) is 0 Å². The lowest BCUT2D eigenvalue weighted by atomic mass is 10.1. The highest BCUT2D eigenvalue weighted by molar-refractivity contribution is 4.75. The summed E-state index contributed by atoms with van der Waals surface area (Å²) < 4.78 is 0. The van der Waals surface area contributed by atoms with Crippen LogP contribution in [-0.2, 0) is 0 Å². The SMILES string of the molecule is CC(C)NCCC(C)N1CCN(C)CC1. The summed E-state index contributed by atoms with van der Waals surface area (Å²) in [7, 11) is 2.21. The third-order valence-electron chi connectivity index (χ3n) is 3.28. The van der Waals surface area contributed by atoms with Crippen molar-refractivity contribution in [1.82, 2.24) is 15.1 Å². The first-order valence-electron chi connectivity index (χ1n) is 6.25. The van der Waals surface area contributed by atoms with E-state index in [0.29, 0.717) is 6.04 Å². The maximum absolute atomic E-state index is 3.49. The van der Waals surface area contributed by atoms with Crippen molar-refractivity contribution >= 4 is 0 Å². The smallest absolute Gasteiger partial charge is 0.0113 e. The molecule has 0 radical (unpaired) electrons. The number of rotatable bonds is 5. The summed E-state index contributed by atoms with van der Waals surface area (Å²) in [5.41, 5.74) is 0. The molecule has 1 rings (SSSR count). The van der Waals surface area contributed by atoms with Crippen LogP contribution in [0.1, 0.15) is 27.2 Å². The molecule has 0 amide bonds. The normalized spacial score (nSPS) is 22.2. The lowest BCUT2D eigenvalue weighted by molar-refractivity contribution is 0.114. The van der Waals surface area contributed by atoms with Crippen molar-refractivity contribution in [3.63, 3.8) is 0 Å². The van der Waals surface area contributed by atoms with E-state index < -0.39 is 0 Å². The van der Waals surface area contributed by atoms with Crippen LogP contribution in [0.4, 0.5) is 0 Å². The maximum atomic E-state index is 3.49. The first-order chi connectivity index (χ1) is 7.09. The monoisotopic (exact) mass is 213 g/mol. The van der Waals surface area contributed by atoms with Gasteiger partial charge in [-0.05, 0) is 26.9 Å². The molecule has 3 nitrogen and oxygen atoms in total. The zero-order chi connectivity index (χ0) is 11.3. The maximum Gasteiger partial charge on any atom is 0.0113 e. The molecule has 0 aromatic heterocycles. The third kappa shape index (κ3) is 4.96. The molecule has 0 aliphatic carbocycles. The molecule has 15 heavy (non-hydrogen) atoms. The molecule has 1 aliphatic heterocycles. The highest BCUT2D eigenvalue weighted by Gasteiger charge is 2.18. The summed E-state index contributed by atoms with van der Waals surface area (Å²) in [6.45, 7) is 12.8. The van der Waals surface area contributed by atoms with Gasteiger partial charge in [-0.25, -0.2) is 0 Å². The highest BCUT2D eigenvalue weighted by Crippen LogP contribution is 2.07. The average molecular weight is 213 g/mol. The largest absolute Gasteiger partial charge is 0.314 e. The van der Waals surface area contributed by atoms with Gasteiger partial charge in [0.05, 0.1) is 0 Å². The van der Waals surface area contributed by atoms with Gasteiger partial charge in [0, 0.05) is 38.3 Å². The summed E-state index contributed by atoms with van der Waals surface area (Å²) in [5, 5.41) is 3.49. The Labute approximate surface area is 94.8 Å². The van der Waals surface area contributed by atoms with Crippen LogP contribution in [0.15, 0.2) is 0 Å². The van der Waals surface area contributed by atoms with E-state index in [1.807, 2.05) is 0 Å². The fraction of sp³-hybridized carbons (Fsp3) is 1.00. The zero-order valence-corrected chi connectivity index (χ0v) is 10.8. The molecule has 1 fully saturated rings. The van der Waals surface area contributed by atoms with Crippen molar-refractivity contribution < 1.29 is 0 Å². The second kappa shape index (κ2) is 6.46. The minimum Gasteiger partial charge on any atom is -0.314 e. The van der Waals surface area contributed by atoms with Crippen LogP contribution in [0.25, 0.3) is 0 Å². The Morgan fingerprint density at radius 2 is 1.67 bits per heavy atom. The van der Waals surface area contributed by atoms with E-state index in [0.717, 1.165) is 12.6 Å². The molecule has 0 aromatic carbocycles. The first kappa shape index (κ1) is 12.9. The second-order valence-corrected chi connectivity index (χ2v) is 5.09. The Balaban J connectivity index is 2.13. The molecule has 0 aromatic rings. The van der Waals surface area contributed by atoms with Crippen LogP contribution in [-0.4, -0.2) is 61.7 Å². The van der Waals surface area contributed by atoms with Gasteiger partial charge in [0.2, 0.25) is 0 Å². The van der Waals surface area contributed by atoms with E-state index in [9.17, 15) is 0 Å². The summed E-state index contributed by atoms with van der Waals surface area (Å²) in [6.07, 6.45) is 1.27. The summed E-state index contributed by atoms with van der Waals surface area (Å²) in [6, 6.07) is 1.34. The molecule has 1 saturated heterocycles. The Morgan fingerprint density at radius 3 is 2.20 bits per heavy atom. The summed E-state index contributed by atoms with van der Waals surface area (Å²) >= 11 is 0. The molecule has 1 atom stereocenters. The van der Waals surface area contributed by atoms with Gasteiger partial charge in [-0.2, -0.15) is 0 Å². The Bertz CT molecular complexity index is 162. The van der Waals surface area contributed by atoms with Crippen LogP contribution in [0.5, 0.6) is 0 Å². The zero-order valence-electron chi connectivity index (χ0n) is 10.8. The number of nitrogens with zero attached hydrogens (tertiary/aromatic N) is 2. The van der Waals surface area contributed by atoms with Crippen LogP contribution in [0.3, 0.4) is 0 Å². The molecule has 1 unspecified atom stereocenters. The summed E-state index contributed by atoms with van der Waals surface area (Å²) in [5.74, 6) is 0. The average Bonchev–Trinajstić information content (AvgIpc) is 2.18. The number of hydrogen-bond donors (Lipinski definition) is 1. The van der Waals surface area contributed by atoms with Crippen LogP contribution in [0.2, 0.25) is 0 Å². The van der Waals surface area contributed by atoms with Crippen molar-refractivity contribution in [3.8, 4) is 0 Å². The van der Waals surface area contributed by atoms with Gasteiger partial charge in [-0.1, -0.05) is 13.8 Å². The molecule has 0 bridgehead atoms. The molecule has 0 spiro atoms. The van der Waals surface area contributed by atoms with E-state index in [1.165, 1.54) is 32.6 Å². The van der Waals surface area contributed by atoms with Gasteiger partial charge >= 0.3 is 0 Å². The molecule has 1 aliphatic rings. The topological polar surface area (TPSA) is 18.5 Å². The van der Waals surface area contributed by atoms with Crippen LogP contribution >= 0.6 is 0 Å². The standard InChI is InChI=1S/C12H27N3/c1-11(2)13-6-5-12(3)15-9-7-14(4)8-10-15/h11-13H,5-10H2,1-4H3. The van der Waals surface area contributed by atoms with E-state index in [2.05, 4.69) is 42.9 Å². The molecule has 90 valence electrons. The van der Waals surface area contributed by atoms with Crippen molar-refractivity contribution in [2.24, 2.45) is 0 Å². The third-order valence-corrected chi connectivity index (χ3v) is 3.28. The van der Waals surface area contributed by atoms with Gasteiger partial charge in [-0.3, -0.25) is 4.90 Å². The Morgan fingerprint density at radius 1 is 1.07 bits per heavy atom. The van der Waals surface area contributed by atoms with E-state index in [-0.39, 0.29) is 0 Å². The fourth-order valence-corrected chi connectivity index (χ4v) is 2.03. The molecular formula is C12H27N3. The van der Waals surface area contributed by atoms with Gasteiger partial charge in [0.25, 0.3) is 0 Å². The molecule has 0 saturated carbocycles. The Kier molecular flexibility index (Phi) is 5.58. The first-order valence-corrected chi connectivity index (χ1v) is 6.25. The van der Waals surface area contributed by atoms with Gasteiger partial charge in [0.15, 0.2) is 0 Å². The number of likely N-dealkylation sites (N-methyl/N-ethyl adjacent to an activating group) is 1. The van der Waals surface area contributed by atoms with Crippen molar-refractivity contribution in [2.45, 2.75) is 39.3 Å². The Hall–Kier alpha value is -0.120. The number of nitrogens with one attached hydrogen (secondary N) is 1. The molecule has 1 N–H and O–H groups in total. The lowest BCUT2D eigenvalue weighted by Crippen LogP contribution is -2.48. The second-order valence-electron chi connectivity index (χ2n) is 5.09. The van der Waals surface area contributed by atoms with Crippen molar-refractivity contribution in [2.75, 3.05) is 39.8 Å². The minimum absolute atomic E-state index is 0.615. The molecular weight excluding hydrogens is 186 g/mol. The quantitative estimate of drug-likeness (QED) is 0.735. The lowest BCUT2D eigenvalue weighted by Gasteiger charge is -2.36. The minimum atomic E-state index is 0.615. The van der Waals surface area contributed by atoms with Crippen molar-refractivity contribution in [1.29, 1.82) is 0 Å². The molecule has 1 heterocycles. The highest BCUT2D eigenvalue weighted by atomic mass is 15.3. The molecule has 3 heteroatoms. The fourth-order valence-electron chi connectivity index (χ4n) is 2.03. The number of piperazine rings is 1. The predicted octanol–water partition coefficient (Wildman–Crippen LogP) is 1.01. The van der Waals surface area contributed by atoms with Crippen molar-refractivity contribution in [3.05, 3.63) is 0 Å². The van der Waals surface area contributed by atoms with E-state index >= 15 is 0 Å². The van der Waals surface area contributed by atoms with Crippen LogP contribution in [0, 0.1) is 0 Å². The van der Waals surface area contributed by atoms with Gasteiger partial charge in [0.1, 0.15) is 0 Å². The van der Waals surface area contributed by atoms with Gasteiger partial charge < -0.3 is 10.2 Å². The van der Waals surface area contributed by atoms with E-state index in [1.54, 1.807) is 0 Å². The van der Waals surface area contributed by atoms with E-state index in [4.69, 9.17) is 0 Å². The number of hydrogen-bond acceptors (Lipinski definition) is 3. The predicted molar refractivity (Wildman–Crippen MR) is 66.3 cm³/mol. The summed E-state index contributed by atoms with van der Waals surface area (Å²) in [4.78, 5) is 5.03.